The molecular weight excluding hydrogens is 244 g/mol. The van der Waals surface area contributed by atoms with Gasteiger partial charge in [0, 0.05) is 5.69 Å². The molecule has 0 aliphatic heterocycles. The quantitative estimate of drug-likeness (QED) is 0.425. The molecule has 1 aromatic carbocycles. The van der Waals surface area contributed by atoms with Gasteiger partial charge in [0.05, 0.1) is 11.8 Å². The maximum atomic E-state index is 11.8. The molecule has 0 fully saturated rings. The molecule has 2 rings (SSSR count). The van der Waals surface area contributed by atoms with Crippen molar-refractivity contribution in [3.05, 3.63) is 41.6 Å². The van der Waals surface area contributed by atoms with Gasteiger partial charge in [-0.1, -0.05) is 12.1 Å². The molecular formula is C12H14N6O. The van der Waals surface area contributed by atoms with E-state index in [9.17, 15) is 4.79 Å². The van der Waals surface area contributed by atoms with Crippen molar-refractivity contribution in [1.29, 1.82) is 5.41 Å². The zero-order valence-corrected chi connectivity index (χ0v) is 10.3. The summed E-state index contributed by atoms with van der Waals surface area (Å²) in [5.74, 6) is 0.122. The van der Waals surface area contributed by atoms with E-state index in [0.29, 0.717) is 11.3 Å². The molecule has 0 aliphatic carbocycles. The highest BCUT2D eigenvalue weighted by Crippen LogP contribution is 2.12. The molecule has 1 aromatic heterocycles. The third-order valence-electron chi connectivity index (χ3n) is 2.44. The van der Waals surface area contributed by atoms with E-state index >= 15 is 0 Å². The topological polar surface area (TPSA) is 120 Å². The van der Waals surface area contributed by atoms with Crippen molar-refractivity contribution in [1.82, 2.24) is 10.2 Å². The van der Waals surface area contributed by atoms with Crippen LogP contribution in [0.4, 0.5) is 16.3 Å². The van der Waals surface area contributed by atoms with Crippen LogP contribution in [0.15, 0.2) is 30.5 Å². The smallest absolute Gasteiger partial charge is 0.324 e. The second-order valence-electron chi connectivity index (χ2n) is 4.02. The van der Waals surface area contributed by atoms with Gasteiger partial charge in [-0.25, -0.2) is 4.79 Å². The fraction of sp³-hybridized carbons (Fsp3) is 0.0833. The summed E-state index contributed by atoms with van der Waals surface area (Å²) in [6, 6.07) is 6.98. The molecule has 98 valence electrons. The van der Waals surface area contributed by atoms with E-state index in [4.69, 9.17) is 11.1 Å². The number of benzene rings is 1. The first-order valence-corrected chi connectivity index (χ1v) is 5.58. The van der Waals surface area contributed by atoms with Crippen LogP contribution < -0.4 is 16.4 Å². The number of hydrogen-bond donors (Lipinski definition) is 5. The number of urea groups is 1. The number of H-pyrrole nitrogens is 1. The van der Waals surface area contributed by atoms with Crippen LogP contribution in [-0.2, 0) is 0 Å². The van der Waals surface area contributed by atoms with E-state index in [0.717, 1.165) is 5.56 Å². The number of nitrogens with zero attached hydrogens (tertiary/aromatic N) is 1. The van der Waals surface area contributed by atoms with Crippen molar-refractivity contribution in [3.8, 4) is 0 Å². The van der Waals surface area contributed by atoms with E-state index < -0.39 is 6.03 Å². The van der Waals surface area contributed by atoms with Gasteiger partial charge in [0.1, 0.15) is 11.7 Å². The second kappa shape index (κ2) is 5.21. The van der Waals surface area contributed by atoms with Crippen molar-refractivity contribution < 1.29 is 4.79 Å². The molecule has 0 unspecified atom stereocenters. The average Bonchev–Trinajstić information content (AvgIpc) is 2.76. The Morgan fingerprint density at radius 2 is 2.21 bits per heavy atom. The largest absolute Gasteiger partial charge is 0.384 e. The number of nitrogens with one attached hydrogen (secondary N) is 4. The summed E-state index contributed by atoms with van der Waals surface area (Å²) in [4.78, 5) is 11.8. The van der Waals surface area contributed by atoms with E-state index in [-0.39, 0.29) is 11.7 Å². The Morgan fingerprint density at radius 3 is 2.89 bits per heavy atom. The number of nitrogens with two attached hydrogens (primary N) is 1. The minimum atomic E-state index is -0.433. The summed E-state index contributed by atoms with van der Waals surface area (Å²) in [5, 5.41) is 18.9. The lowest BCUT2D eigenvalue weighted by Gasteiger charge is -2.07. The number of carbonyl (C=O) groups is 1. The van der Waals surface area contributed by atoms with Crippen LogP contribution in [0, 0.1) is 12.3 Å². The van der Waals surface area contributed by atoms with Crippen LogP contribution in [0.5, 0.6) is 0 Å². The highest BCUT2D eigenvalue weighted by molar-refractivity contribution is 6.05. The highest BCUT2D eigenvalue weighted by Gasteiger charge is 2.11. The molecule has 7 nitrogen and oxygen atoms in total. The van der Waals surface area contributed by atoms with Crippen molar-refractivity contribution in [2.45, 2.75) is 6.92 Å². The Balaban J connectivity index is 2.05. The van der Waals surface area contributed by atoms with Crippen LogP contribution in [0.25, 0.3) is 0 Å². The van der Waals surface area contributed by atoms with E-state index in [1.54, 1.807) is 6.07 Å². The molecule has 19 heavy (non-hydrogen) atoms. The molecule has 0 atom stereocenters. The summed E-state index contributed by atoms with van der Waals surface area (Å²) in [6.07, 6.45) is 1.38. The standard InChI is InChI=1S/C12H14N6O/c1-7-3-2-4-8(5-7)16-12(19)17-11-9(10(13)14)6-15-18-11/h2-6H,1H3,(H3,13,14)(H3,15,16,17,18,19). The number of aromatic nitrogens is 2. The molecule has 0 saturated carbocycles. The van der Waals surface area contributed by atoms with E-state index in [1.165, 1.54) is 6.20 Å². The third-order valence-corrected chi connectivity index (χ3v) is 2.44. The zero-order valence-electron chi connectivity index (χ0n) is 10.3. The van der Waals surface area contributed by atoms with Gasteiger partial charge in [-0.15, -0.1) is 0 Å². The maximum absolute atomic E-state index is 11.8. The van der Waals surface area contributed by atoms with Gasteiger partial charge in [0.2, 0.25) is 0 Å². The Hall–Kier alpha value is -2.83. The first-order valence-electron chi connectivity index (χ1n) is 5.58. The summed E-state index contributed by atoms with van der Waals surface area (Å²) in [5.41, 5.74) is 7.43. The number of amidine groups is 1. The van der Waals surface area contributed by atoms with Crippen LogP contribution in [0.1, 0.15) is 11.1 Å². The number of hydrogen-bond acceptors (Lipinski definition) is 3. The van der Waals surface area contributed by atoms with Gasteiger partial charge < -0.3 is 11.1 Å². The van der Waals surface area contributed by atoms with Crippen molar-refractivity contribution in [3.63, 3.8) is 0 Å². The van der Waals surface area contributed by atoms with Crippen molar-refractivity contribution in [2.75, 3.05) is 10.6 Å². The molecule has 6 N–H and O–H groups in total. The van der Waals surface area contributed by atoms with Crippen molar-refractivity contribution >= 4 is 23.4 Å². The lowest BCUT2D eigenvalue weighted by molar-refractivity contribution is 0.262. The molecule has 7 heteroatoms. The molecule has 1 heterocycles. The van der Waals surface area contributed by atoms with Crippen molar-refractivity contribution in [2.24, 2.45) is 5.73 Å². The van der Waals surface area contributed by atoms with Crippen LogP contribution in [-0.4, -0.2) is 22.1 Å². The van der Waals surface area contributed by atoms with Gasteiger partial charge in [-0.05, 0) is 24.6 Å². The molecule has 0 radical (unpaired) electrons. The average molecular weight is 258 g/mol. The van der Waals surface area contributed by atoms with Gasteiger partial charge in [-0.3, -0.25) is 15.8 Å². The summed E-state index contributed by atoms with van der Waals surface area (Å²) >= 11 is 0. The third kappa shape index (κ3) is 3.09. The zero-order chi connectivity index (χ0) is 13.8. The number of anilines is 2. The number of aryl methyl sites for hydroxylation is 1. The number of rotatable bonds is 3. The fourth-order valence-electron chi connectivity index (χ4n) is 1.58. The summed E-state index contributed by atoms with van der Waals surface area (Å²) < 4.78 is 0. The normalized spacial score (nSPS) is 9.95. The number of aromatic amines is 1. The molecule has 0 spiro atoms. The lowest BCUT2D eigenvalue weighted by Crippen LogP contribution is -2.22. The minimum Gasteiger partial charge on any atom is -0.384 e. The highest BCUT2D eigenvalue weighted by atomic mass is 16.2. The Labute approximate surface area is 109 Å². The number of amides is 2. The Morgan fingerprint density at radius 1 is 1.42 bits per heavy atom. The first-order chi connectivity index (χ1) is 9.06. The van der Waals surface area contributed by atoms with E-state index in [2.05, 4.69) is 20.8 Å². The van der Waals surface area contributed by atoms with Crippen LogP contribution >= 0.6 is 0 Å². The molecule has 2 aromatic rings. The summed E-state index contributed by atoms with van der Waals surface area (Å²) in [6.45, 7) is 1.94. The lowest BCUT2D eigenvalue weighted by atomic mass is 10.2. The van der Waals surface area contributed by atoms with Crippen LogP contribution in [0.3, 0.4) is 0 Å². The minimum absolute atomic E-state index is 0.167. The Kier molecular flexibility index (Phi) is 3.46. The number of carbonyl (C=O) groups excluding carboxylic acids is 1. The SMILES string of the molecule is Cc1cccc(NC(=O)Nc2[nH]ncc2C(=N)N)c1. The second-order valence-corrected chi connectivity index (χ2v) is 4.02. The first kappa shape index (κ1) is 12.6. The van der Waals surface area contributed by atoms with Gasteiger partial charge >= 0.3 is 6.03 Å². The monoisotopic (exact) mass is 258 g/mol. The fourth-order valence-corrected chi connectivity index (χ4v) is 1.58. The van der Waals surface area contributed by atoms with Gasteiger partial charge in [0.25, 0.3) is 0 Å². The van der Waals surface area contributed by atoms with E-state index in [1.807, 2.05) is 25.1 Å². The molecule has 0 aliphatic rings. The number of nitrogen functional groups attached to an aromatic ring is 1. The maximum Gasteiger partial charge on any atom is 0.324 e. The predicted molar refractivity (Wildman–Crippen MR) is 73.4 cm³/mol. The summed E-state index contributed by atoms with van der Waals surface area (Å²) in [7, 11) is 0. The predicted octanol–water partition coefficient (Wildman–Crippen LogP) is 1.65. The van der Waals surface area contributed by atoms with Crippen LogP contribution in [0.2, 0.25) is 0 Å². The van der Waals surface area contributed by atoms with Gasteiger partial charge in [0.15, 0.2) is 0 Å². The van der Waals surface area contributed by atoms with Gasteiger partial charge in [-0.2, -0.15) is 5.10 Å². The molecule has 2 amide bonds. The Bertz CT molecular complexity index is 618. The molecule has 0 bridgehead atoms. The molecule has 0 saturated heterocycles.